The predicted octanol–water partition coefficient (Wildman–Crippen LogP) is 2.47. The van der Waals surface area contributed by atoms with E-state index in [1.165, 1.54) is 13.8 Å². The van der Waals surface area contributed by atoms with E-state index in [0.29, 0.717) is 6.61 Å². The van der Waals surface area contributed by atoms with Crippen LogP contribution < -0.4 is 0 Å². The van der Waals surface area contributed by atoms with Gasteiger partial charge in [0.25, 0.3) is 0 Å². The molecule has 1 aromatic rings. The summed E-state index contributed by atoms with van der Waals surface area (Å²) < 4.78 is 16.1. The number of carbonyl (C=O) groups is 2. The summed E-state index contributed by atoms with van der Waals surface area (Å²) in [6.07, 6.45) is 0. The van der Waals surface area contributed by atoms with Crippen molar-refractivity contribution in [2.24, 2.45) is 0 Å². The van der Waals surface area contributed by atoms with E-state index in [1.54, 1.807) is 13.2 Å². The number of carbonyl (C=O) groups excluding carboxylic acids is 2. The first-order chi connectivity index (χ1) is 8.54. The van der Waals surface area contributed by atoms with Crippen molar-refractivity contribution < 1.29 is 20.5 Å². The fraction of sp³-hybridized carbons (Fsp3) is 0.333. The molecule has 0 atom stereocenters. The molecule has 0 aliphatic rings. The molecule has 0 aliphatic carbocycles. The van der Waals surface area contributed by atoms with Crippen LogP contribution in [0.2, 0.25) is 0 Å². The molecule has 0 aromatic heterocycles. The third kappa shape index (κ3) is 4.61. The van der Waals surface area contributed by atoms with Gasteiger partial charge in [-0.25, -0.2) is 0 Å². The van der Waals surface area contributed by atoms with Gasteiger partial charge in [0.1, 0.15) is 0 Å². The van der Waals surface area contributed by atoms with Gasteiger partial charge in [0.15, 0.2) is 0 Å². The number of methoxy groups -OCH3 is 1. The van der Waals surface area contributed by atoms with Crippen molar-refractivity contribution in [3.05, 3.63) is 33.4 Å². The molecule has 0 aliphatic heterocycles. The van der Waals surface area contributed by atoms with E-state index < -0.39 is 32.6 Å². The van der Waals surface area contributed by atoms with Gasteiger partial charge in [-0.3, -0.25) is 0 Å². The molecule has 18 heavy (non-hydrogen) atoms. The molecule has 5 nitrogen and oxygen atoms in total. The number of benzene rings is 1. The SMILES string of the molecule is COCc1ccccc1I(OC(C)=O)OC(C)=O. The van der Waals surface area contributed by atoms with Gasteiger partial charge in [-0.1, -0.05) is 0 Å². The minimum absolute atomic E-state index is 0.382. The molecule has 0 N–H and O–H groups in total. The van der Waals surface area contributed by atoms with Crippen molar-refractivity contribution in [3.8, 4) is 0 Å². The van der Waals surface area contributed by atoms with E-state index >= 15 is 0 Å². The minimum atomic E-state index is -2.75. The molecule has 1 rings (SSSR count). The summed E-state index contributed by atoms with van der Waals surface area (Å²) in [7, 11) is 1.58. The fourth-order valence-electron chi connectivity index (χ4n) is 1.22. The number of hydrogen-bond acceptors (Lipinski definition) is 5. The van der Waals surface area contributed by atoms with Gasteiger partial charge in [-0.15, -0.1) is 0 Å². The molecule has 0 fully saturated rings. The summed E-state index contributed by atoms with van der Waals surface area (Å²) in [5, 5.41) is 0. The first-order valence-electron chi connectivity index (χ1n) is 5.19. The Bertz CT molecular complexity index is 416. The second-order valence-corrected chi connectivity index (χ2v) is 6.66. The number of ether oxygens (including phenoxy) is 1. The molecule has 0 heterocycles. The average molecular weight is 366 g/mol. The zero-order valence-corrected chi connectivity index (χ0v) is 12.6. The van der Waals surface area contributed by atoms with Crippen LogP contribution in [0.1, 0.15) is 19.4 Å². The summed E-state index contributed by atoms with van der Waals surface area (Å²) in [5.41, 5.74) is 0.868. The van der Waals surface area contributed by atoms with Crippen molar-refractivity contribution in [1.82, 2.24) is 0 Å². The molecular formula is C12H15IO5. The maximum absolute atomic E-state index is 11.1. The van der Waals surface area contributed by atoms with Gasteiger partial charge >= 0.3 is 114 Å². The van der Waals surface area contributed by atoms with Crippen LogP contribution in [0.4, 0.5) is 0 Å². The molecule has 6 heteroatoms. The first-order valence-corrected chi connectivity index (χ1v) is 8.03. The molecular weight excluding hydrogens is 351 g/mol. The van der Waals surface area contributed by atoms with E-state index in [4.69, 9.17) is 10.9 Å². The average Bonchev–Trinajstić information content (AvgIpc) is 2.28. The van der Waals surface area contributed by atoms with E-state index in [2.05, 4.69) is 0 Å². The Morgan fingerprint density at radius 2 is 1.67 bits per heavy atom. The van der Waals surface area contributed by atoms with E-state index in [9.17, 15) is 9.59 Å². The topological polar surface area (TPSA) is 61.8 Å². The number of hydrogen-bond donors (Lipinski definition) is 0. The van der Waals surface area contributed by atoms with E-state index in [-0.39, 0.29) is 0 Å². The molecule has 0 saturated carbocycles. The van der Waals surface area contributed by atoms with Crippen LogP contribution in [0.5, 0.6) is 0 Å². The Labute approximate surface area is 114 Å². The zero-order valence-electron chi connectivity index (χ0n) is 10.4. The van der Waals surface area contributed by atoms with Crippen LogP contribution in [0, 0.1) is 3.57 Å². The van der Waals surface area contributed by atoms with Crippen molar-refractivity contribution in [3.63, 3.8) is 0 Å². The quantitative estimate of drug-likeness (QED) is 0.750. The van der Waals surface area contributed by atoms with Gasteiger partial charge < -0.3 is 0 Å². The fourth-order valence-corrected chi connectivity index (χ4v) is 4.31. The Hall–Kier alpha value is -1.15. The number of rotatable bonds is 5. The van der Waals surface area contributed by atoms with Crippen molar-refractivity contribution in [1.29, 1.82) is 0 Å². The summed E-state index contributed by atoms with van der Waals surface area (Å²) in [6, 6.07) is 7.32. The van der Waals surface area contributed by atoms with Gasteiger partial charge in [-0.2, -0.15) is 0 Å². The molecule has 0 bridgehead atoms. The van der Waals surface area contributed by atoms with E-state index in [0.717, 1.165) is 9.13 Å². The van der Waals surface area contributed by atoms with Crippen molar-refractivity contribution >= 4 is 32.6 Å². The number of halogens is 1. The Kier molecular flexibility index (Phi) is 6.06. The summed E-state index contributed by atoms with van der Waals surface area (Å²) in [6.45, 7) is 2.98. The van der Waals surface area contributed by atoms with Crippen LogP contribution in [-0.4, -0.2) is 19.0 Å². The second kappa shape index (κ2) is 7.32. The van der Waals surface area contributed by atoms with Crippen LogP contribution in [0.3, 0.4) is 0 Å². The Morgan fingerprint density at radius 1 is 1.11 bits per heavy atom. The van der Waals surface area contributed by atoms with Crippen molar-refractivity contribution in [2.45, 2.75) is 20.5 Å². The summed E-state index contributed by atoms with van der Waals surface area (Å²) in [5.74, 6) is -0.901. The third-order valence-corrected chi connectivity index (χ3v) is 5.82. The molecule has 0 amide bonds. The zero-order chi connectivity index (χ0) is 13.5. The monoisotopic (exact) mass is 366 g/mol. The maximum atomic E-state index is 11.1. The summed E-state index contributed by atoms with van der Waals surface area (Å²) >= 11 is -2.75. The van der Waals surface area contributed by atoms with Gasteiger partial charge in [-0.05, 0) is 0 Å². The molecule has 0 spiro atoms. The van der Waals surface area contributed by atoms with Gasteiger partial charge in [0.2, 0.25) is 0 Å². The summed E-state index contributed by atoms with van der Waals surface area (Å²) in [4.78, 5) is 22.1. The normalized spacial score (nSPS) is 10.7. The molecule has 0 saturated heterocycles. The van der Waals surface area contributed by atoms with Crippen LogP contribution >= 0.6 is 20.6 Å². The second-order valence-electron chi connectivity index (χ2n) is 3.38. The predicted molar refractivity (Wildman–Crippen MR) is 73.4 cm³/mol. The standard InChI is InChI=1S/C12H15IO5/c1-9(14)17-13(18-10(2)15)12-7-5-4-6-11(12)8-16-3/h4-7H,8H2,1-3H3. The third-order valence-electron chi connectivity index (χ3n) is 1.78. The van der Waals surface area contributed by atoms with E-state index in [1.807, 2.05) is 18.2 Å². The molecule has 0 radical (unpaired) electrons. The molecule has 0 unspecified atom stereocenters. The van der Waals surface area contributed by atoms with Crippen LogP contribution in [0.25, 0.3) is 0 Å². The van der Waals surface area contributed by atoms with Crippen molar-refractivity contribution in [2.75, 3.05) is 7.11 Å². The van der Waals surface area contributed by atoms with Crippen LogP contribution in [-0.2, 0) is 27.1 Å². The van der Waals surface area contributed by atoms with Gasteiger partial charge in [0, 0.05) is 0 Å². The first kappa shape index (κ1) is 14.9. The molecule has 1 aromatic carbocycles. The Morgan fingerprint density at radius 3 is 2.17 bits per heavy atom. The van der Waals surface area contributed by atoms with Crippen LogP contribution in [0.15, 0.2) is 24.3 Å². The molecule has 100 valence electrons. The van der Waals surface area contributed by atoms with Gasteiger partial charge in [0.05, 0.1) is 0 Å². The Balaban J connectivity index is 3.02.